The number of ether oxygens (including phenoxy) is 1. The molecule has 0 unspecified atom stereocenters. The maximum Gasteiger partial charge on any atom is 0.435 e. The molecule has 1 aliphatic rings. The standard InChI is InChI=1S/C26H22ClF3N10O4/c27-20-15(25(43)35-10-19(42)38-6-3-14(32)11-38)1-2-17(21(20)44-13-41)36-23-24-34-9-18(40(24)8-5-33-23)16-12-39(7-4-31)37-22(16)26(28,29)30/h1-2,5,8-9,12-14H,3,6-7,10-11,32H2,(H,33,36)(H,35,43)/t14-/m0/s1. The molecule has 0 spiro atoms. The summed E-state index contributed by atoms with van der Waals surface area (Å²) in [5.41, 5.74) is 4.39. The lowest BCUT2D eigenvalue weighted by Gasteiger charge is -2.17. The highest BCUT2D eigenvalue weighted by molar-refractivity contribution is 6.36. The van der Waals surface area contributed by atoms with E-state index in [4.69, 9.17) is 27.3 Å². The van der Waals surface area contributed by atoms with E-state index in [0.717, 1.165) is 10.9 Å². The second kappa shape index (κ2) is 12.2. The molecule has 18 heteroatoms. The van der Waals surface area contributed by atoms with Gasteiger partial charge in [0.25, 0.3) is 12.4 Å². The first-order valence-corrected chi connectivity index (χ1v) is 13.2. The van der Waals surface area contributed by atoms with Crippen LogP contribution in [0.15, 0.2) is 36.9 Å². The van der Waals surface area contributed by atoms with Crippen LogP contribution in [-0.4, -0.2) is 73.0 Å². The summed E-state index contributed by atoms with van der Waals surface area (Å²) in [6.45, 7) is 0.270. The number of carbonyl (C=O) groups excluding carboxylic acids is 3. The third kappa shape index (κ3) is 5.98. The molecule has 0 radical (unpaired) electrons. The molecule has 0 aliphatic carbocycles. The predicted molar refractivity (Wildman–Crippen MR) is 148 cm³/mol. The number of aromatic nitrogens is 5. The van der Waals surface area contributed by atoms with Gasteiger partial charge in [-0.3, -0.25) is 23.5 Å². The molecule has 1 fully saturated rings. The average Bonchev–Trinajstić information content (AvgIpc) is 3.72. The molecule has 44 heavy (non-hydrogen) atoms. The molecular formula is C26H22ClF3N10O4. The second-order valence-corrected chi connectivity index (χ2v) is 9.95. The van der Waals surface area contributed by atoms with Crippen LogP contribution in [0, 0.1) is 11.3 Å². The molecular weight excluding hydrogens is 609 g/mol. The van der Waals surface area contributed by atoms with Crippen molar-refractivity contribution in [1.82, 2.24) is 34.4 Å². The van der Waals surface area contributed by atoms with Crippen molar-refractivity contribution >= 4 is 47.0 Å². The number of rotatable bonds is 9. The summed E-state index contributed by atoms with van der Waals surface area (Å²) in [7, 11) is 0. The van der Waals surface area contributed by atoms with Crippen LogP contribution in [0.25, 0.3) is 16.9 Å². The van der Waals surface area contributed by atoms with E-state index >= 15 is 0 Å². The van der Waals surface area contributed by atoms with Crippen LogP contribution in [0.4, 0.5) is 24.7 Å². The monoisotopic (exact) mass is 630 g/mol. The van der Waals surface area contributed by atoms with Crippen LogP contribution < -0.4 is 21.1 Å². The number of imidazole rings is 1. The third-order valence-corrected chi connectivity index (χ3v) is 7.08. The molecule has 2 amide bonds. The number of alkyl halides is 3. The summed E-state index contributed by atoms with van der Waals surface area (Å²) in [5.74, 6) is -1.23. The number of hydrogen-bond acceptors (Lipinski definition) is 10. The Morgan fingerprint density at radius 3 is 2.77 bits per heavy atom. The van der Waals surface area contributed by atoms with Gasteiger partial charge in [0.05, 0.1) is 46.3 Å². The summed E-state index contributed by atoms with van der Waals surface area (Å²) < 4.78 is 48.5. The number of amides is 2. The van der Waals surface area contributed by atoms with E-state index in [-0.39, 0.29) is 69.7 Å². The van der Waals surface area contributed by atoms with Crippen LogP contribution in [0.2, 0.25) is 5.02 Å². The number of nitrogens with one attached hydrogen (secondary N) is 2. The van der Waals surface area contributed by atoms with Gasteiger partial charge in [0.1, 0.15) is 6.54 Å². The molecule has 14 nitrogen and oxygen atoms in total. The molecule has 4 aromatic rings. The molecule has 5 rings (SSSR count). The van der Waals surface area contributed by atoms with Crippen LogP contribution in [0.5, 0.6) is 5.75 Å². The zero-order chi connectivity index (χ0) is 31.6. The molecule has 1 aromatic carbocycles. The number of nitrogens with zero attached hydrogens (tertiary/aromatic N) is 7. The first kappa shape index (κ1) is 30.3. The van der Waals surface area contributed by atoms with Gasteiger partial charge in [-0.05, 0) is 18.6 Å². The first-order chi connectivity index (χ1) is 21.0. The lowest BCUT2D eigenvalue weighted by atomic mass is 10.1. The fourth-order valence-corrected chi connectivity index (χ4v) is 4.97. The number of benzene rings is 1. The van der Waals surface area contributed by atoms with Crippen LogP contribution >= 0.6 is 11.6 Å². The molecule has 0 bridgehead atoms. The van der Waals surface area contributed by atoms with Crippen molar-refractivity contribution in [3.8, 4) is 23.1 Å². The lowest BCUT2D eigenvalue weighted by Crippen LogP contribution is -2.40. The van der Waals surface area contributed by atoms with Crippen molar-refractivity contribution in [1.29, 1.82) is 5.26 Å². The number of hydrogen-bond donors (Lipinski definition) is 3. The number of nitriles is 1. The molecule has 4 N–H and O–H groups in total. The van der Waals surface area contributed by atoms with Gasteiger partial charge < -0.3 is 26.0 Å². The number of carbonyl (C=O) groups is 3. The van der Waals surface area contributed by atoms with Crippen molar-refractivity contribution in [3.63, 3.8) is 0 Å². The largest absolute Gasteiger partial charge is 0.435 e. The molecule has 1 aliphatic heterocycles. The van der Waals surface area contributed by atoms with Gasteiger partial charge in [-0.15, -0.1) is 0 Å². The first-order valence-electron chi connectivity index (χ1n) is 12.9. The minimum Gasteiger partial charge on any atom is -0.425 e. The van der Waals surface area contributed by atoms with Gasteiger partial charge in [0, 0.05) is 37.7 Å². The predicted octanol–water partition coefficient (Wildman–Crippen LogP) is 2.36. The smallest absolute Gasteiger partial charge is 0.425 e. The Hall–Kier alpha value is -5.21. The molecule has 1 atom stereocenters. The molecule has 0 saturated carbocycles. The van der Waals surface area contributed by atoms with Gasteiger partial charge >= 0.3 is 6.18 Å². The topological polar surface area (TPSA) is 186 Å². The number of likely N-dealkylation sites (tertiary alicyclic amines) is 1. The second-order valence-electron chi connectivity index (χ2n) is 9.57. The average molecular weight is 631 g/mol. The van der Waals surface area contributed by atoms with E-state index in [1.54, 1.807) is 6.07 Å². The van der Waals surface area contributed by atoms with Gasteiger partial charge in [-0.1, -0.05) is 11.6 Å². The fourth-order valence-electron chi connectivity index (χ4n) is 4.68. The van der Waals surface area contributed by atoms with Crippen molar-refractivity contribution in [2.75, 3.05) is 25.0 Å². The normalized spacial score (nSPS) is 14.8. The Morgan fingerprint density at radius 1 is 1.30 bits per heavy atom. The van der Waals surface area contributed by atoms with E-state index in [1.165, 1.54) is 40.0 Å². The van der Waals surface area contributed by atoms with Gasteiger partial charge in [-0.25, -0.2) is 9.97 Å². The molecule has 3 aromatic heterocycles. The van der Waals surface area contributed by atoms with Gasteiger partial charge in [-0.2, -0.15) is 23.5 Å². The summed E-state index contributed by atoms with van der Waals surface area (Å²) in [6, 6.07) is 4.32. The SMILES string of the molecule is N#CCn1cc(-c2cnc3c(Nc4ccc(C(=O)NCC(=O)N5CC[C@H](N)C5)c(Cl)c4OC=O)nccn23)c(C(F)(F)F)n1. The zero-order valence-electron chi connectivity index (χ0n) is 22.5. The Kier molecular flexibility index (Phi) is 8.38. The zero-order valence-corrected chi connectivity index (χ0v) is 23.3. The molecule has 228 valence electrons. The number of halogens is 4. The van der Waals surface area contributed by atoms with E-state index in [0.29, 0.717) is 19.5 Å². The van der Waals surface area contributed by atoms with E-state index in [2.05, 4.69) is 25.7 Å². The van der Waals surface area contributed by atoms with E-state index in [9.17, 15) is 27.6 Å². The maximum atomic E-state index is 13.8. The Balaban J connectivity index is 1.43. The highest BCUT2D eigenvalue weighted by Crippen LogP contribution is 2.39. The Labute approximate surface area is 251 Å². The van der Waals surface area contributed by atoms with Crippen molar-refractivity contribution < 1.29 is 32.3 Å². The molecule has 1 saturated heterocycles. The fraction of sp³-hybridized carbons (Fsp3) is 0.269. The van der Waals surface area contributed by atoms with Crippen molar-refractivity contribution in [2.45, 2.75) is 25.2 Å². The third-order valence-electron chi connectivity index (χ3n) is 6.71. The maximum absolute atomic E-state index is 13.8. The van der Waals surface area contributed by atoms with Crippen molar-refractivity contribution in [3.05, 3.63) is 53.2 Å². The van der Waals surface area contributed by atoms with Gasteiger partial charge in [0.2, 0.25) is 5.91 Å². The number of nitrogens with two attached hydrogens (primary N) is 1. The minimum absolute atomic E-state index is 0.0156. The molecule has 4 heterocycles. The number of anilines is 2. The number of fused-ring (bicyclic) bond motifs is 1. The van der Waals surface area contributed by atoms with E-state index < -0.39 is 24.3 Å². The van der Waals surface area contributed by atoms with Crippen LogP contribution in [0.3, 0.4) is 0 Å². The van der Waals surface area contributed by atoms with Crippen LogP contribution in [-0.2, 0) is 22.3 Å². The summed E-state index contributed by atoms with van der Waals surface area (Å²) in [5, 5.41) is 17.5. The lowest BCUT2D eigenvalue weighted by molar-refractivity contribution is -0.141. The quantitative estimate of drug-likeness (QED) is 0.232. The summed E-state index contributed by atoms with van der Waals surface area (Å²) >= 11 is 6.43. The highest BCUT2D eigenvalue weighted by Gasteiger charge is 2.38. The highest BCUT2D eigenvalue weighted by atomic mass is 35.5. The summed E-state index contributed by atoms with van der Waals surface area (Å²) in [6.07, 6.45) is 0.806. The van der Waals surface area contributed by atoms with Gasteiger partial charge in [0.15, 0.2) is 22.9 Å². The van der Waals surface area contributed by atoms with Crippen molar-refractivity contribution in [2.24, 2.45) is 5.73 Å². The Bertz CT molecular complexity index is 1800. The Morgan fingerprint density at radius 2 is 2.09 bits per heavy atom. The van der Waals surface area contributed by atoms with Crippen LogP contribution in [0.1, 0.15) is 22.5 Å². The van der Waals surface area contributed by atoms with E-state index in [1.807, 2.05) is 0 Å². The summed E-state index contributed by atoms with van der Waals surface area (Å²) in [4.78, 5) is 46.5. The minimum atomic E-state index is -4.81.